The highest BCUT2D eigenvalue weighted by Gasteiger charge is 2.26. The molecule has 7 heteroatoms. The zero-order chi connectivity index (χ0) is 18.1. The average molecular weight is 342 g/mol. The second-order valence-electron chi connectivity index (χ2n) is 6.72. The van der Waals surface area contributed by atoms with E-state index in [0.717, 1.165) is 0 Å². The Morgan fingerprint density at radius 2 is 1.92 bits per heavy atom. The first-order valence-electron chi connectivity index (χ1n) is 8.45. The molecule has 1 fully saturated rings. The summed E-state index contributed by atoms with van der Waals surface area (Å²) in [5.41, 5.74) is 0.0357. The summed E-state index contributed by atoms with van der Waals surface area (Å²) in [4.78, 5) is 38.6. The van der Waals surface area contributed by atoms with Crippen molar-refractivity contribution >= 4 is 22.6 Å². The highest BCUT2D eigenvalue weighted by atomic mass is 16.2. The molecule has 0 bridgehead atoms. The van der Waals surface area contributed by atoms with Gasteiger partial charge >= 0.3 is 0 Å². The van der Waals surface area contributed by atoms with Gasteiger partial charge in [-0.1, -0.05) is 18.2 Å². The van der Waals surface area contributed by atoms with Gasteiger partial charge < -0.3 is 10.2 Å². The van der Waals surface area contributed by atoms with Crippen molar-refractivity contribution in [2.75, 3.05) is 13.6 Å². The van der Waals surface area contributed by atoms with Crippen LogP contribution in [0.3, 0.4) is 0 Å². The number of piperidine rings is 1. The minimum atomic E-state index is -0.321. The monoisotopic (exact) mass is 342 g/mol. The lowest BCUT2D eigenvalue weighted by atomic mass is 10.0. The number of nitrogens with zero attached hydrogens (tertiary/aromatic N) is 3. The van der Waals surface area contributed by atoms with Crippen LogP contribution in [0.25, 0.3) is 10.8 Å². The van der Waals surface area contributed by atoms with Crippen molar-refractivity contribution in [1.82, 2.24) is 20.0 Å². The van der Waals surface area contributed by atoms with E-state index < -0.39 is 0 Å². The Hall–Kier alpha value is -2.70. The van der Waals surface area contributed by atoms with Crippen molar-refractivity contribution < 1.29 is 9.59 Å². The summed E-state index contributed by atoms with van der Waals surface area (Å²) in [5, 5.41) is 8.29. The minimum absolute atomic E-state index is 0.0856. The lowest BCUT2D eigenvalue weighted by molar-refractivity contribution is -0.132. The fourth-order valence-corrected chi connectivity index (χ4v) is 3.11. The Bertz CT molecular complexity index is 888. The van der Waals surface area contributed by atoms with Crippen molar-refractivity contribution in [3.8, 4) is 0 Å². The van der Waals surface area contributed by atoms with Gasteiger partial charge in [0, 0.05) is 31.4 Å². The molecule has 0 aliphatic carbocycles. The van der Waals surface area contributed by atoms with Gasteiger partial charge in [0.1, 0.15) is 0 Å². The fourth-order valence-electron chi connectivity index (χ4n) is 3.11. The van der Waals surface area contributed by atoms with Crippen LogP contribution in [0.15, 0.2) is 29.1 Å². The third-order valence-corrected chi connectivity index (χ3v) is 4.49. The number of likely N-dealkylation sites (tertiary alicyclic amines) is 1. The van der Waals surface area contributed by atoms with Crippen LogP contribution in [0.1, 0.15) is 43.2 Å². The van der Waals surface area contributed by atoms with Crippen LogP contribution in [0.5, 0.6) is 0 Å². The van der Waals surface area contributed by atoms with Crippen molar-refractivity contribution in [1.29, 1.82) is 0 Å². The first-order chi connectivity index (χ1) is 11.9. The number of amides is 2. The van der Waals surface area contributed by atoms with Crippen LogP contribution in [0.4, 0.5) is 0 Å². The third-order valence-electron chi connectivity index (χ3n) is 4.49. The van der Waals surface area contributed by atoms with Crippen molar-refractivity contribution in [2.45, 2.75) is 38.8 Å². The van der Waals surface area contributed by atoms with E-state index in [4.69, 9.17) is 0 Å². The molecule has 1 N–H and O–H groups in total. The summed E-state index contributed by atoms with van der Waals surface area (Å²) in [6.45, 7) is 4.19. The predicted molar refractivity (Wildman–Crippen MR) is 94.5 cm³/mol. The third kappa shape index (κ3) is 3.26. The summed E-state index contributed by atoms with van der Waals surface area (Å²) >= 11 is 0. The number of fused-ring (bicyclic) bond motifs is 1. The molecule has 1 aliphatic rings. The lowest BCUT2D eigenvalue weighted by Gasteiger charge is -2.30. The Labute approximate surface area is 145 Å². The average Bonchev–Trinajstić information content (AvgIpc) is 2.58. The second-order valence-corrected chi connectivity index (χ2v) is 6.72. The Balaban J connectivity index is 1.97. The first-order valence-corrected chi connectivity index (χ1v) is 8.45. The summed E-state index contributed by atoms with van der Waals surface area (Å²) < 4.78 is 1.34. The number of nitrogens with one attached hydrogen (secondary N) is 1. The second kappa shape index (κ2) is 6.66. The van der Waals surface area contributed by atoms with Gasteiger partial charge in [-0.25, -0.2) is 4.68 Å². The normalized spacial score (nSPS) is 18.0. The van der Waals surface area contributed by atoms with Crippen LogP contribution < -0.4 is 10.9 Å². The Kier molecular flexibility index (Phi) is 4.57. The number of hydrogen-bond acceptors (Lipinski definition) is 4. The number of benzene rings is 1. The maximum Gasteiger partial charge on any atom is 0.274 e. The molecule has 1 unspecified atom stereocenters. The molecule has 1 aromatic heterocycles. The summed E-state index contributed by atoms with van der Waals surface area (Å²) in [5.74, 6) is -0.235. The molecule has 7 nitrogen and oxygen atoms in total. The van der Waals surface area contributed by atoms with Gasteiger partial charge in [-0.3, -0.25) is 14.4 Å². The first kappa shape index (κ1) is 17.1. The molecular formula is C18H22N4O3. The summed E-state index contributed by atoms with van der Waals surface area (Å²) in [6.07, 6.45) is 1.03. The number of likely N-dealkylation sites (N-methyl/N-ethyl adjacent to an activating group) is 1. The smallest absolute Gasteiger partial charge is 0.274 e. The van der Waals surface area contributed by atoms with Crippen LogP contribution in [-0.4, -0.2) is 46.1 Å². The molecule has 1 aliphatic heterocycles. The lowest BCUT2D eigenvalue weighted by Crippen LogP contribution is -2.48. The SMILES string of the molecule is CC(C)n1nc(C(=O)NC2CCC(=O)N(C)C2)c2ccccc2c1=O. The number of rotatable bonds is 3. The molecule has 1 atom stereocenters. The van der Waals surface area contributed by atoms with Crippen LogP contribution in [-0.2, 0) is 4.79 Å². The van der Waals surface area contributed by atoms with E-state index in [-0.39, 0.29) is 35.2 Å². The van der Waals surface area contributed by atoms with Gasteiger partial charge in [-0.2, -0.15) is 5.10 Å². The fraction of sp³-hybridized carbons (Fsp3) is 0.444. The zero-order valence-electron chi connectivity index (χ0n) is 14.7. The van der Waals surface area contributed by atoms with Crippen LogP contribution in [0.2, 0.25) is 0 Å². The van der Waals surface area contributed by atoms with Gasteiger partial charge in [-0.15, -0.1) is 0 Å². The van der Waals surface area contributed by atoms with Gasteiger partial charge in [0.25, 0.3) is 11.5 Å². The molecule has 1 aromatic carbocycles. The minimum Gasteiger partial charge on any atom is -0.346 e. The highest BCUT2D eigenvalue weighted by Crippen LogP contribution is 2.16. The molecule has 2 heterocycles. The van der Waals surface area contributed by atoms with Crippen molar-refractivity contribution in [3.63, 3.8) is 0 Å². The number of aromatic nitrogens is 2. The molecule has 132 valence electrons. The summed E-state index contributed by atoms with van der Waals surface area (Å²) in [7, 11) is 1.73. The van der Waals surface area contributed by atoms with Gasteiger partial charge in [-0.05, 0) is 26.3 Å². The van der Waals surface area contributed by atoms with E-state index in [2.05, 4.69) is 10.4 Å². The predicted octanol–water partition coefficient (Wildman–Crippen LogP) is 1.33. The number of carbonyl (C=O) groups excluding carboxylic acids is 2. The van der Waals surface area contributed by atoms with Gasteiger partial charge in [0.15, 0.2) is 5.69 Å². The van der Waals surface area contributed by atoms with E-state index in [9.17, 15) is 14.4 Å². The maximum absolute atomic E-state index is 12.8. The number of hydrogen-bond donors (Lipinski definition) is 1. The quantitative estimate of drug-likeness (QED) is 0.912. The van der Waals surface area contributed by atoms with E-state index >= 15 is 0 Å². The Morgan fingerprint density at radius 3 is 2.56 bits per heavy atom. The van der Waals surface area contributed by atoms with Crippen LogP contribution >= 0.6 is 0 Å². The van der Waals surface area contributed by atoms with Crippen LogP contribution in [0, 0.1) is 0 Å². The molecule has 1 saturated heterocycles. The van der Waals surface area contributed by atoms with E-state index in [0.29, 0.717) is 30.2 Å². The van der Waals surface area contributed by atoms with Crippen molar-refractivity contribution in [3.05, 3.63) is 40.3 Å². The zero-order valence-corrected chi connectivity index (χ0v) is 14.7. The molecule has 25 heavy (non-hydrogen) atoms. The molecule has 0 spiro atoms. The highest BCUT2D eigenvalue weighted by molar-refractivity contribution is 6.04. The topological polar surface area (TPSA) is 84.3 Å². The molecule has 0 saturated carbocycles. The van der Waals surface area contributed by atoms with E-state index in [1.807, 2.05) is 13.8 Å². The van der Waals surface area contributed by atoms with Gasteiger partial charge in [0.2, 0.25) is 5.91 Å². The van der Waals surface area contributed by atoms with Crippen molar-refractivity contribution in [2.24, 2.45) is 0 Å². The molecule has 3 rings (SSSR count). The molecule has 2 aromatic rings. The standard InChI is InChI=1S/C18H22N4O3/c1-11(2)22-18(25)14-7-5-4-6-13(14)16(20-22)17(24)19-12-8-9-15(23)21(3)10-12/h4-7,11-12H,8-10H2,1-3H3,(H,19,24). The number of carbonyl (C=O) groups is 2. The van der Waals surface area contributed by atoms with Gasteiger partial charge in [0.05, 0.1) is 11.4 Å². The Morgan fingerprint density at radius 1 is 1.24 bits per heavy atom. The molecule has 0 radical (unpaired) electrons. The van der Waals surface area contributed by atoms with E-state index in [1.54, 1.807) is 36.2 Å². The largest absolute Gasteiger partial charge is 0.346 e. The maximum atomic E-state index is 12.8. The summed E-state index contributed by atoms with van der Waals surface area (Å²) in [6, 6.07) is 6.74. The molecular weight excluding hydrogens is 320 g/mol. The van der Waals surface area contributed by atoms with E-state index in [1.165, 1.54) is 4.68 Å². The molecule has 2 amide bonds.